The van der Waals surface area contributed by atoms with Crippen LogP contribution in [0.2, 0.25) is 0 Å². The lowest BCUT2D eigenvalue weighted by atomic mass is 9.89. The van der Waals surface area contributed by atoms with Crippen molar-refractivity contribution in [2.45, 2.75) is 71.4 Å². The summed E-state index contributed by atoms with van der Waals surface area (Å²) >= 11 is 0. The molecule has 0 spiro atoms. The fraction of sp³-hybridized carbons (Fsp3) is 0.765. The summed E-state index contributed by atoms with van der Waals surface area (Å²) in [6, 6.07) is 1.89. The molecule has 1 fully saturated rings. The molecular formula is C17H28N2O3. The molecule has 0 unspecified atom stereocenters. The van der Waals surface area contributed by atoms with E-state index in [9.17, 15) is 4.79 Å². The molecule has 0 radical (unpaired) electrons. The molecule has 22 heavy (non-hydrogen) atoms. The number of carbonyl (C=O) groups is 1. The summed E-state index contributed by atoms with van der Waals surface area (Å²) in [7, 11) is 0. The number of nitrogens with zero attached hydrogens (tertiary/aromatic N) is 1. The van der Waals surface area contributed by atoms with Crippen molar-refractivity contribution >= 4 is 5.91 Å². The SMILES string of the molecule is CCC(CC)[C@H]1C[C@H](NC(=O)c2cc(C(C)C)no2)CCO1. The van der Waals surface area contributed by atoms with Crippen molar-refractivity contribution in [1.29, 1.82) is 0 Å². The van der Waals surface area contributed by atoms with Crippen molar-refractivity contribution < 1.29 is 14.1 Å². The number of ether oxygens (including phenoxy) is 1. The third-order valence-corrected chi connectivity index (χ3v) is 4.57. The van der Waals surface area contributed by atoms with Crippen LogP contribution < -0.4 is 5.32 Å². The predicted octanol–water partition coefficient (Wildman–Crippen LogP) is 3.51. The minimum absolute atomic E-state index is 0.152. The molecule has 2 atom stereocenters. The van der Waals surface area contributed by atoms with Gasteiger partial charge in [-0.1, -0.05) is 45.7 Å². The molecule has 1 aliphatic rings. The topological polar surface area (TPSA) is 64.4 Å². The number of aromatic nitrogens is 1. The number of hydrogen-bond donors (Lipinski definition) is 1. The zero-order valence-electron chi connectivity index (χ0n) is 14.1. The van der Waals surface area contributed by atoms with Gasteiger partial charge in [-0.05, 0) is 24.7 Å². The van der Waals surface area contributed by atoms with Crippen LogP contribution in [0.25, 0.3) is 0 Å². The Morgan fingerprint density at radius 3 is 2.73 bits per heavy atom. The molecule has 1 saturated heterocycles. The normalized spacial score (nSPS) is 22.3. The molecule has 0 aliphatic carbocycles. The Morgan fingerprint density at radius 1 is 1.41 bits per heavy atom. The van der Waals surface area contributed by atoms with E-state index in [0.717, 1.165) is 31.4 Å². The fourth-order valence-electron chi connectivity index (χ4n) is 3.03. The maximum atomic E-state index is 12.3. The zero-order chi connectivity index (χ0) is 16.1. The molecule has 2 heterocycles. The Balaban J connectivity index is 1.93. The lowest BCUT2D eigenvalue weighted by Gasteiger charge is -2.34. The van der Waals surface area contributed by atoms with Gasteiger partial charge in [-0.25, -0.2) is 0 Å². The molecule has 0 aromatic carbocycles. The lowest BCUT2D eigenvalue weighted by molar-refractivity contribution is -0.0338. The summed E-state index contributed by atoms with van der Waals surface area (Å²) in [4.78, 5) is 12.3. The van der Waals surface area contributed by atoms with E-state index < -0.39 is 0 Å². The van der Waals surface area contributed by atoms with E-state index in [1.54, 1.807) is 6.07 Å². The Morgan fingerprint density at radius 2 is 2.14 bits per heavy atom. The molecule has 5 nitrogen and oxygen atoms in total. The van der Waals surface area contributed by atoms with Crippen LogP contribution in [-0.4, -0.2) is 29.8 Å². The van der Waals surface area contributed by atoms with Gasteiger partial charge < -0.3 is 14.6 Å². The zero-order valence-corrected chi connectivity index (χ0v) is 14.1. The van der Waals surface area contributed by atoms with E-state index in [1.165, 1.54) is 0 Å². The van der Waals surface area contributed by atoms with Crippen LogP contribution in [-0.2, 0) is 4.74 Å². The van der Waals surface area contributed by atoms with Gasteiger partial charge in [0.2, 0.25) is 5.76 Å². The highest BCUT2D eigenvalue weighted by atomic mass is 16.5. The van der Waals surface area contributed by atoms with Crippen molar-refractivity contribution in [3.8, 4) is 0 Å². The van der Waals surface area contributed by atoms with Crippen molar-refractivity contribution in [1.82, 2.24) is 10.5 Å². The van der Waals surface area contributed by atoms with E-state index in [4.69, 9.17) is 9.26 Å². The molecule has 1 amide bonds. The largest absolute Gasteiger partial charge is 0.378 e. The second-order valence-corrected chi connectivity index (χ2v) is 6.45. The summed E-state index contributed by atoms with van der Waals surface area (Å²) < 4.78 is 11.0. The van der Waals surface area contributed by atoms with Crippen molar-refractivity contribution in [3.05, 3.63) is 17.5 Å². The Labute approximate surface area is 132 Å². The smallest absolute Gasteiger partial charge is 0.290 e. The van der Waals surface area contributed by atoms with Gasteiger partial charge in [0, 0.05) is 18.7 Å². The number of amides is 1. The highest BCUT2D eigenvalue weighted by molar-refractivity contribution is 5.91. The van der Waals surface area contributed by atoms with Gasteiger partial charge >= 0.3 is 0 Å². The lowest BCUT2D eigenvalue weighted by Crippen LogP contribution is -2.44. The van der Waals surface area contributed by atoms with Gasteiger partial charge in [-0.15, -0.1) is 0 Å². The standard InChI is InChI=1S/C17H28N2O3/c1-5-12(6-2)15-9-13(7-8-21-15)18-17(20)16-10-14(11(3)4)19-22-16/h10-13,15H,5-9H2,1-4H3,(H,18,20)/t13-,15-/m1/s1. The first-order valence-corrected chi connectivity index (χ1v) is 8.44. The number of hydrogen-bond acceptors (Lipinski definition) is 4. The van der Waals surface area contributed by atoms with Gasteiger partial charge in [0.1, 0.15) is 0 Å². The van der Waals surface area contributed by atoms with Crippen molar-refractivity contribution in [2.75, 3.05) is 6.61 Å². The van der Waals surface area contributed by atoms with Crippen LogP contribution in [0.1, 0.15) is 75.5 Å². The van der Waals surface area contributed by atoms with Crippen LogP contribution in [0.3, 0.4) is 0 Å². The first-order valence-electron chi connectivity index (χ1n) is 8.44. The Bertz CT molecular complexity index is 480. The second-order valence-electron chi connectivity index (χ2n) is 6.45. The van der Waals surface area contributed by atoms with Gasteiger partial charge in [0.15, 0.2) is 0 Å². The first-order chi connectivity index (χ1) is 10.5. The second kappa shape index (κ2) is 7.77. The van der Waals surface area contributed by atoms with E-state index >= 15 is 0 Å². The molecular weight excluding hydrogens is 280 g/mol. The molecule has 5 heteroatoms. The van der Waals surface area contributed by atoms with Crippen LogP contribution in [0.5, 0.6) is 0 Å². The maximum absolute atomic E-state index is 12.3. The minimum atomic E-state index is -0.172. The maximum Gasteiger partial charge on any atom is 0.290 e. The quantitative estimate of drug-likeness (QED) is 0.873. The molecule has 1 aromatic rings. The molecule has 124 valence electrons. The predicted molar refractivity (Wildman–Crippen MR) is 84.9 cm³/mol. The molecule has 1 aromatic heterocycles. The van der Waals surface area contributed by atoms with Crippen molar-refractivity contribution in [3.63, 3.8) is 0 Å². The van der Waals surface area contributed by atoms with E-state index in [1.807, 2.05) is 13.8 Å². The van der Waals surface area contributed by atoms with Gasteiger partial charge in [-0.3, -0.25) is 4.79 Å². The molecule has 2 rings (SSSR count). The van der Waals surface area contributed by atoms with E-state index in [2.05, 4.69) is 24.3 Å². The summed E-state index contributed by atoms with van der Waals surface area (Å²) in [6.07, 6.45) is 4.20. The number of nitrogens with one attached hydrogen (secondary N) is 1. The van der Waals surface area contributed by atoms with E-state index in [-0.39, 0.29) is 24.0 Å². The Kier molecular flexibility index (Phi) is 6.00. The van der Waals surface area contributed by atoms with E-state index in [0.29, 0.717) is 18.3 Å². The third-order valence-electron chi connectivity index (χ3n) is 4.57. The summed E-state index contributed by atoms with van der Waals surface area (Å²) in [5.41, 5.74) is 0.812. The summed E-state index contributed by atoms with van der Waals surface area (Å²) in [6.45, 7) is 9.15. The van der Waals surface area contributed by atoms with Gasteiger partial charge in [0.25, 0.3) is 5.91 Å². The molecule has 0 bridgehead atoms. The van der Waals surface area contributed by atoms with Gasteiger partial charge in [-0.2, -0.15) is 0 Å². The van der Waals surface area contributed by atoms with Crippen molar-refractivity contribution in [2.24, 2.45) is 5.92 Å². The number of rotatable bonds is 6. The first kappa shape index (κ1) is 17.0. The third kappa shape index (κ3) is 4.09. The van der Waals surface area contributed by atoms with Crippen LogP contribution in [0, 0.1) is 5.92 Å². The summed E-state index contributed by atoms with van der Waals surface area (Å²) in [5, 5.41) is 7.01. The van der Waals surface area contributed by atoms with Gasteiger partial charge in [0.05, 0.1) is 11.8 Å². The number of carbonyl (C=O) groups excluding carboxylic acids is 1. The van der Waals surface area contributed by atoms with Crippen LogP contribution in [0.15, 0.2) is 10.6 Å². The highest BCUT2D eigenvalue weighted by Gasteiger charge is 2.29. The molecule has 1 aliphatic heterocycles. The monoisotopic (exact) mass is 308 g/mol. The summed E-state index contributed by atoms with van der Waals surface area (Å²) in [5.74, 6) is 0.953. The highest BCUT2D eigenvalue weighted by Crippen LogP contribution is 2.25. The minimum Gasteiger partial charge on any atom is -0.378 e. The van der Waals surface area contributed by atoms with Crippen LogP contribution >= 0.6 is 0 Å². The molecule has 1 N–H and O–H groups in total. The molecule has 0 saturated carbocycles. The average molecular weight is 308 g/mol. The Hall–Kier alpha value is -1.36. The average Bonchev–Trinajstić information content (AvgIpc) is 2.99. The van der Waals surface area contributed by atoms with Crippen LogP contribution in [0.4, 0.5) is 0 Å². The fourth-order valence-corrected chi connectivity index (χ4v) is 3.03.